The molecule has 1 saturated carbocycles. The zero-order valence-corrected chi connectivity index (χ0v) is 7.96. The number of benzene rings is 1. The molecule has 1 spiro atoms. The lowest BCUT2D eigenvalue weighted by molar-refractivity contribution is -0.0875. The molecule has 1 fully saturated rings. The molecule has 0 saturated heterocycles. The Morgan fingerprint density at radius 3 is 2.67 bits per heavy atom. The van der Waals surface area contributed by atoms with Crippen molar-refractivity contribution in [2.75, 3.05) is 6.61 Å². The van der Waals surface area contributed by atoms with Crippen molar-refractivity contribution in [1.29, 1.82) is 0 Å². The van der Waals surface area contributed by atoms with Crippen molar-refractivity contribution >= 4 is 0 Å². The fraction of sp³-hybridized carbons (Fsp3) is 0.455. The summed E-state index contributed by atoms with van der Waals surface area (Å²) >= 11 is 0. The van der Waals surface area contributed by atoms with Crippen molar-refractivity contribution in [2.24, 2.45) is 0 Å². The van der Waals surface area contributed by atoms with E-state index in [0.29, 0.717) is 24.2 Å². The molecule has 0 atom stereocenters. The highest BCUT2D eigenvalue weighted by Crippen LogP contribution is 2.62. The Labute approximate surface area is 85.5 Å². The standard InChI is InChI=1S/C11H10F2O2/c12-11(13)6-15-9-5-7(14)1-2-8(9)10(11)3-4-10/h1-2,5,14H,3-4,6H2. The van der Waals surface area contributed by atoms with E-state index in [2.05, 4.69) is 0 Å². The summed E-state index contributed by atoms with van der Waals surface area (Å²) in [5.74, 6) is -2.33. The highest BCUT2D eigenvalue weighted by molar-refractivity contribution is 5.50. The van der Waals surface area contributed by atoms with Crippen molar-refractivity contribution in [1.82, 2.24) is 0 Å². The molecule has 15 heavy (non-hydrogen) atoms. The zero-order valence-electron chi connectivity index (χ0n) is 7.96. The van der Waals surface area contributed by atoms with E-state index in [4.69, 9.17) is 4.74 Å². The van der Waals surface area contributed by atoms with Gasteiger partial charge in [0.15, 0.2) is 6.61 Å². The predicted molar refractivity (Wildman–Crippen MR) is 49.5 cm³/mol. The molecule has 80 valence electrons. The van der Waals surface area contributed by atoms with Gasteiger partial charge in [0.05, 0.1) is 5.41 Å². The minimum atomic E-state index is -2.78. The van der Waals surface area contributed by atoms with E-state index < -0.39 is 17.9 Å². The van der Waals surface area contributed by atoms with Crippen molar-refractivity contribution in [3.8, 4) is 11.5 Å². The van der Waals surface area contributed by atoms with Crippen LogP contribution in [0.2, 0.25) is 0 Å². The number of halogens is 2. The molecule has 1 aromatic rings. The van der Waals surface area contributed by atoms with Crippen LogP contribution in [0.3, 0.4) is 0 Å². The summed E-state index contributed by atoms with van der Waals surface area (Å²) < 4.78 is 32.3. The largest absolute Gasteiger partial charge is 0.508 e. The van der Waals surface area contributed by atoms with Crippen LogP contribution in [0.15, 0.2) is 18.2 Å². The molecular weight excluding hydrogens is 202 g/mol. The van der Waals surface area contributed by atoms with Gasteiger partial charge >= 0.3 is 0 Å². The van der Waals surface area contributed by atoms with E-state index in [-0.39, 0.29) is 5.75 Å². The summed E-state index contributed by atoms with van der Waals surface area (Å²) in [6.45, 7) is -0.580. The third kappa shape index (κ3) is 1.02. The lowest BCUT2D eigenvalue weighted by Crippen LogP contribution is -2.43. The van der Waals surface area contributed by atoms with Gasteiger partial charge in [-0.25, -0.2) is 8.78 Å². The molecule has 4 heteroatoms. The first-order valence-electron chi connectivity index (χ1n) is 4.89. The number of ether oxygens (including phenoxy) is 1. The molecule has 0 unspecified atom stereocenters. The topological polar surface area (TPSA) is 29.5 Å². The minimum Gasteiger partial charge on any atom is -0.508 e. The van der Waals surface area contributed by atoms with Crippen molar-refractivity contribution in [3.05, 3.63) is 23.8 Å². The zero-order chi connectivity index (χ0) is 10.7. The van der Waals surface area contributed by atoms with Crippen molar-refractivity contribution in [3.63, 3.8) is 0 Å². The summed E-state index contributed by atoms with van der Waals surface area (Å²) in [6, 6.07) is 4.39. The van der Waals surface area contributed by atoms with Crippen molar-refractivity contribution in [2.45, 2.75) is 24.2 Å². The van der Waals surface area contributed by atoms with Gasteiger partial charge in [0.2, 0.25) is 0 Å². The summed E-state index contributed by atoms with van der Waals surface area (Å²) in [6.07, 6.45) is 1.00. The molecule has 3 rings (SSSR count). The second-order valence-electron chi connectivity index (χ2n) is 4.26. The molecule has 1 N–H and O–H groups in total. The molecular formula is C11H10F2O2. The van der Waals surface area contributed by atoms with E-state index in [0.717, 1.165) is 0 Å². The number of alkyl halides is 2. The molecule has 0 radical (unpaired) electrons. The Morgan fingerprint density at radius 1 is 1.27 bits per heavy atom. The maximum absolute atomic E-state index is 13.6. The van der Waals surface area contributed by atoms with Crippen LogP contribution >= 0.6 is 0 Å². The fourth-order valence-electron chi connectivity index (χ4n) is 2.29. The average Bonchev–Trinajstić information content (AvgIpc) is 2.94. The first kappa shape index (κ1) is 8.95. The third-order valence-corrected chi connectivity index (χ3v) is 3.34. The van der Waals surface area contributed by atoms with Crippen LogP contribution < -0.4 is 4.74 Å². The highest BCUT2D eigenvalue weighted by atomic mass is 19.3. The number of hydrogen-bond donors (Lipinski definition) is 1. The van der Waals surface area contributed by atoms with Gasteiger partial charge in [0, 0.05) is 11.6 Å². The number of rotatable bonds is 0. The second kappa shape index (κ2) is 2.43. The van der Waals surface area contributed by atoms with E-state index in [1.165, 1.54) is 12.1 Å². The number of aromatic hydroxyl groups is 1. The minimum absolute atomic E-state index is 0.0507. The molecule has 1 aliphatic carbocycles. The Morgan fingerprint density at radius 2 is 2.00 bits per heavy atom. The smallest absolute Gasteiger partial charge is 0.290 e. The first-order valence-corrected chi connectivity index (χ1v) is 4.89. The Balaban J connectivity index is 2.16. The molecule has 1 aromatic carbocycles. The normalized spacial score (nSPS) is 24.4. The van der Waals surface area contributed by atoms with E-state index in [9.17, 15) is 13.9 Å². The SMILES string of the molecule is Oc1ccc2c(c1)OCC(F)(F)C21CC1. The number of fused-ring (bicyclic) bond motifs is 2. The maximum atomic E-state index is 13.6. The summed E-state index contributed by atoms with van der Waals surface area (Å²) in [5.41, 5.74) is -0.481. The van der Waals surface area contributed by atoms with Gasteiger partial charge < -0.3 is 9.84 Å². The average molecular weight is 212 g/mol. The lowest BCUT2D eigenvalue weighted by Gasteiger charge is -2.33. The number of hydrogen-bond acceptors (Lipinski definition) is 2. The van der Waals surface area contributed by atoms with Gasteiger partial charge in [-0.05, 0) is 18.9 Å². The maximum Gasteiger partial charge on any atom is 0.290 e. The first-order chi connectivity index (χ1) is 7.05. The van der Waals surface area contributed by atoms with Gasteiger partial charge in [-0.15, -0.1) is 0 Å². The third-order valence-electron chi connectivity index (χ3n) is 3.34. The van der Waals surface area contributed by atoms with Crippen LogP contribution in [0.25, 0.3) is 0 Å². The quantitative estimate of drug-likeness (QED) is 0.715. The van der Waals surface area contributed by atoms with Gasteiger partial charge in [-0.3, -0.25) is 0 Å². The van der Waals surface area contributed by atoms with Gasteiger partial charge in [-0.2, -0.15) is 0 Å². The molecule has 0 aromatic heterocycles. The Hall–Kier alpha value is -1.32. The predicted octanol–water partition coefficient (Wildman–Crippen LogP) is 2.45. The van der Waals surface area contributed by atoms with Gasteiger partial charge in [-0.1, -0.05) is 6.07 Å². The molecule has 1 heterocycles. The molecule has 2 nitrogen and oxygen atoms in total. The van der Waals surface area contributed by atoms with Crippen LogP contribution in [0.4, 0.5) is 8.78 Å². The fourth-order valence-corrected chi connectivity index (χ4v) is 2.29. The van der Waals surface area contributed by atoms with E-state index in [1.54, 1.807) is 6.07 Å². The number of phenolic OH excluding ortho intramolecular Hbond substituents is 1. The molecule has 2 aliphatic rings. The Bertz CT molecular complexity index is 425. The molecule has 0 bridgehead atoms. The highest BCUT2D eigenvalue weighted by Gasteiger charge is 2.66. The van der Waals surface area contributed by atoms with Crippen LogP contribution in [0.1, 0.15) is 18.4 Å². The van der Waals surface area contributed by atoms with Crippen LogP contribution in [-0.2, 0) is 5.41 Å². The van der Waals surface area contributed by atoms with Crippen LogP contribution in [0.5, 0.6) is 11.5 Å². The lowest BCUT2D eigenvalue weighted by atomic mass is 9.86. The molecule has 1 aliphatic heterocycles. The summed E-state index contributed by atoms with van der Waals surface area (Å²) in [5, 5.41) is 9.24. The number of phenols is 1. The van der Waals surface area contributed by atoms with Gasteiger partial charge in [0.1, 0.15) is 11.5 Å². The monoisotopic (exact) mass is 212 g/mol. The van der Waals surface area contributed by atoms with Crippen LogP contribution in [0, 0.1) is 0 Å². The second-order valence-corrected chi connectivity index (χ2v) is 4.26. The van der Waals surface area contributed by atoms with Crippen molar-refractivity contribution < 1.29 is 18.6 Å². The Kier molecular flexibility index (Phi) is 1.45. The summed E-state index contributed by atoms with van der Waals surface area (Å²) in [4.78, 5) is 0. The summed E-state index contributed by atoms with van der Waals surface area (Å²) in [7, 11) is 0. The van der Waals surface area contributed by atoms with Crippen LogP contribution in [-0.4, -0.2) is 17.6 Å². The van der Waals surface area contributed by atoms with E-state index >= 15 is 0 Å². The van der Waals surface area contributed by atoms with Gasteiger partial charge in [0.25, 0.3) is 5.92 Å². The molecule has 0 amide bonds. The van der Waals surface area contributed by atoms with E-state index in [1.807, 2.05) is 0 Å².